The molecule has 1 atom stereocenters. The molecule has 32 heavy (non-hydrogen) atoms. The van der Waals surface area contributed by atoms with Crippen LogP contribution in [0.1, 0.15) is 23.1 Å². The number of ether oxygens (including phenoxy) is 2. The van der Waals surface area contributed by atoms with Gasteiger partial charge < -0.3 is 19.0 Å². The van der Waals surface area contributed by atoms with Gasteiger partial charge in [-0.25, -0.2) is 4.39 Å². The maximum absolute atomic E-state index is 13.9. The number of amides is 1. The molecule has 0 saturated carbocycles. The lowest BCUT2D eigenvalue weighted by molar-refractivity contribution is -0.132. The highest BCUT2D eigenvalue weighted by Gasteiger charge is 2.48. The average molecular weight is 437 g/mol. The van der Waals surface area contributed by atoms with Crippen LogP contribution in [-0.2, 0) is 9.59 Å². The number of aliphatic hydroxyl groups is 1. The molecule has 7 nitrogen and oxygen atoms in total. The number of Topliss-reactive ketones (excluding diaryl/α,β-unsaturated/α-hetero) is 1. The molecular weight excluding hydrogens is 417 g/mol. The summed E-state index contributed by atoms with van der Waals surface area (Å²) in [5.74, 6) is -1.41. The number of carbonyl (C=O) groups is 2. The summed E-state index contributed by atoms with van der Waals surface area (Å²) in [4.78, 5) is 27.3. The third-order valence-corrected chi connectivity index (χ3v) is 5.22. The summed E-state index contributed by atoms with van der Waals surface area (Å²) in [6, 6.07) is 12.2. The van der Waals surface area contributed by atoms with Crippen LogP contribution in [0.25, 0.3) is 5.76 Å². The number of aliphatic hydroxyl groups excluding tert-OH is 1. The monoisotopic (exact) mass is 437 g/mol. The lowest BCUT2D eigenvalue weighted by atomic mass is 9.98. The van der Waals surface area contributed by atoms with E-state index in [2.05, 4.69) is 0 Å². The zero-order valence-electron chi connectivity index (χ0n) is 17.6. The summed E-state index contributed by atoms with van der Waals surface area (Å²) in [7, 11) is 2.87. The SMILES string of the molecule is COc1ccc(OC)c(/C(O)=C2/C(=O)C(=O)N(c3cccc(F)c3)C2c2ccc(C)o2)c1. The van der Waals surface area contributed by atoms with E-state index < -0.39 is 29.3 Å². The maximum Gasteiger partial charge on any atom is 0.300 e. The molecule has 1 aliphatic heterocycles. The second kappa shape index (κ2) is 8.22. The van der Waals surface area contributed by atoms with Gasteiger partial charge in [-0.3, -0.25) is 14.5 Å². The van der Waals surface area contributed by atoms with Gasteiger partial charge >= 0.3 is 0 Å². The Labute approximate surface area is 183 Å². The molecule has 1 amide bonds. The Morgan fingerprint density at radius 2 is 1.84 bits per heavy atom. The molecule has 0 spiro atoms. The first-order valence-corrected chi connectivity index (χ1v) is 9.71. The Bertz CT molecular complexity index is 1240. The molecule has 1 saturated heterocycles. The van der Waals surface area contributed by atoms with Gasteiger partial charge in [0.25, 0.3) is 11.7 Å². The molecule has 1 N–H and O–H groups in total. The van der Waals surface area contributed by atoms with Crippen LogP contribution in [0.3, 0.4) is 0 Å². The van der Waals surface area contributed by atoms with Crippen LogP contribution >= 0.6 is 0 Å². The van der Waals surface area contributed by atoms with Gasteiger partial charge in [0, 0.05) is 5.69 Å². The van der Waals surface area contributed by atoms with Gasteiger partial charge in [-0.05, 0) is 55.5 Å². The van der Waals surface area contributed by atoms with Crippen LogP contribution in [0.2, 0.25) is 0 Å². The van der Waals surface area contributed by atoms with Gasteiger partial charge in [-0.15, -0.1) is 0 Å². The highest BCUT2D eigenvalue weighted by atomic mass is 19.1. The number of nitrogens with zero attached hydrogens (tertiary/aromatic N) is 1. The second-order valence-corrected chi connectivity index (χ2v) is 7.16. The van der Waals surface area contributed by atoms with Crippen molar-refractivity contribution >= 4 is 23.1 Å². The largest absolute Gasteiger partial charge is 0.507 e. The van der Waals surface area contributed by atoms with E-state index in [4.69, 9.17) is 13.9 Å². The highest BCUT2D eigenvalue weighted by Crippen LogP contribution is 2.44. The zero-order chi connectivity index (χ0) is 23.0. The van der Waals surface area contributed by atoms with E-state index in [1.54, 1.807) is 31.2 Å². The highest BCUT2D eigenvalue weighted by molar-refractivity contribution is 6.51. The minimum atomic E-state index is -1.11. The van der Waals surface area contributed by atoms with Crippen molar-refractivity contribution < 1.29 is 33.0 Å². The number of hydrogen-bond acceptors (Lipinski definition) is 6. The lowest BCUT2D eigenvalue weighted by Gasteiger charge is -2.23. The van der Waals surface area contributed by atoms with E-state index in [1.807, 2.05) is 0 Å². The molecule has 0 aliphatic carbocycles. The van der Waals surface area contributed by atoms with Gasteiger partial charge in [0.2, 0.25) is 0 Å². The number of furan rings is 1. The van der Waals surface area contributed by atoms with Crippen molar-refractivity contribution in [2.24, 2.45) is 0 Å². The summed E-state index contributed by atoms with van der Waals surface area (Å²) < 4.78 is 30.2. The molecule has 8 heteroatoms. The standard InChI is InChI=1S/C24H20FNO6/c1-13-7-9-19(32-13)21-20(22(27)17-12-16(30-2)8-10-18(17)31-3)23(28)24(29)26(21)15-6-4-5-14(25)11-15/h4-12,21,27H,1-3H3/b22-20-. The Kier molecular flexibility index (Phi) is 5.44. The van der Waals surface area contributed by atoms with E-state index in [-0.39, 0.29) is 28.3 Å². The Morgan fingerprint density at radius 1 is 1.06 bits per heavy atom. The molecule has 1 aromatic heterocycles. The number of hydrogen-bond donors (Lipinski definition) is 1. The van der Waals surface area contributed by atoms with Gasteiger partial charge in [-0.2, -0.15) is 0 Å². The first kappa shape index (κ1) is 21.2. The van der Waals surface area contributed by atoms with Crippen molar-refractivity contribution in [3.8, 4) is 11.5 Å². The molecule has 0 radical (unpaired) electrons. The van der Waals surface area contributed by atoms with Crippen molar-refractivity contribution in [3.05, 3.63) is 83.1 Å². The van der Waals surface area contributed by atoms with Crippen LogP contribution < -0.4 is 14.4 Å². The third kappa shape index (κ3) is 3.49. The Hall–Kier alpha value is -4.07. The van der Waals surface area contributed by atoms with E-state index in [0.717, 1.165) is 11.0 Å². The number of rotatable bonds is 5. The zero-order valence-corrected chi connectivity index (χ0v) is 17.6. The molecule has 3 aromatic rings. The fourth-order valence-corrected chi connectivity index (χ4v) is 3.74. The lowest BCUT2D eigenvalue weighted by Crippen LogP contribution is -2.29. The molecule has 4 rings (SSSR count). The number of aryl methyl sites for hydroxylation is 1. The van der Waals surface area contributed by atoms with Crippen molar-refractivity contribution in [2.45, 2.75) is 13.0 Å². The van der Waals surface area contributed by atoms with Gasteiger partial charge in [-0.1, -0.05) is 6.07 Å². The fourth-order valence-electron chi connectivity index (χ4n) is 3.74. The number of methoxy groups -OCH3 is 2. The molecule has 2 heterocycles. The smallest absolute Gasteiger partial charge is 0.300 e. The minimum absolute atomic E-state index is 0.155. The molecule has 1 unspecified atom stereocenters. The van der Waals surface area contributed by atoms with Crippen LogP contribution in [-0.4, -0.2) is 31.0 Å². The maximum atomic E-state index is 13.9. The summed E-state index contributed by atoms with van der Waals surface area (Å²) in [5, 5.41) is 11.2. The van der Waals surface area contributed by atoms with E-state index in [0.29, 0.717) is 11.5 Å². The summed E-state index contributed by atoms with van der Waals surface area (Å²) in [5.41, 5.74) is 0.111. The van der Waals surface area contributed by atoms with Crippen molar-refractivity contribution in [1.82, 2.24) is 0 Å². The second-order valence-electron chi connectivity index (χ2n) is 7.16. The van der Waals surface area contributed by atoms with Crippen LogP contribution in [0.4, 0.5) is 10.1 Å². The van der Waals surface area contributed by atoms with Crippen LogP contribution in [0.15, 0.2) is 64.6 Å². The van der Waals surface area contributed by atoms with E-state index >= 15 is 0 Å². The van der Waals surface area contributed by atoms with Gasteiger partial charge in [0.05, 0.1) is 25.4 Å². The quantitative estimate of drug-likeness (QED) is 0.362. The molecule has 1 aliphatic rings. The third-order valence-electron chi connectivity index (χ3n) is 5.22. The van der Waals surface area contributed by atoms with Crippen molar-refractivity contribution in [1.29, 1.82) is 0 Å². The topological polar surface area (TPSA) is 89.2 Å². The van der Waals surface area contributed by atoms with Crippen molar-refractivity contribution in [2.75, 3.05) is 19.1 Å². The first-order chi connectivity index (χ1) is 15.3. The van der Waals surface area contributed by atoms with Crippen LogP contribution in [0.5, 0.6) is 11.5 Å². The molecule has 1 fully saturated rings. The van der Waals surface area contributed by atoms with E-state index in [1.165, 1.54) is 38.5 Å². The predicted molar refractivity (Wildman–Crippen MR) is 114 cm³/mol. The molecule has 0 bridgehead atoms. The average Bonchev–Trinajstić information content (AvgIpc) is 3.33. The summed E-state index contributed by atoms with van der Waals surface area (Å²) in [6.45, 7) is 1.71. The first-order valence-electron chi connectivity index (χ1n) is 9.71. The summed E-state index contributed by atoms with van der Waals surface area (Å²) >= 11 is 0. The number of anilines is 1. The minimum Gasteiger partial charge on any atom is -0.507 e. The molecule has 164 valence electrons. The van der Waals surface area contributed by atoms with Gasteiger partial charge in [0.1, 0.15) is 40.6 Å². The normalized spacial score (nSPS) is 17.6. The van der Waals surface area contributed by atoms with Crippen molar-refractivity contribution in [3.63, 3.8) is 0 Å². The van der Waals surface area contributed by atoms with Gasteiger partial charge in [0.15, 0.2) is 0 Å². The Balaban J connectivity index is 1.98. The number of carbonyl (C=O) groups excluding carboxylic acids is 2. The molecular formula is C24H20FNO6. The van der Waals surface area contributed by atoms with Crippen LogP contribution in [0, 0.1) is 12.7 Å². The Morgan fingerprint density at radius 3 is 2.47 bits per heavy atom. The number of benzene rings is 2. The summed E-state index contributed by atoms with van der Waals surface area (Å²) in [6.07, 6.45) is 0. The predicted octanol–water partition coefficient (Wildman–Crippen LogP) is 4.37. The number of ketones is 1. The number of halogens is 1. The fraction of sp³-hybridized carbons (Fsp3) is 0.167. The van der Waals surface area contributed by atoms with E-state index in [9.17, 15) is 19.1 Å². The molecule has 2 aromatic carbocycles.